The van der Waals surface area contributed by atoms with Crippen LogP contribution in [-0.2, 0) is 0 Å². The zero-order valence-corrected chi connectivity index (χ0v) is 8.04. The van der Waals surface area contributed by atoms with Gasteiger partial charge in [0.05, 0.1) is 0 Å². The van der Waals surface area contributed by atoms with E-state index in [-0.39, 0.29) is 5.84 Å². The molecule has 1 aromatic carbocycles. The number of amidine groups is 1. The summed E-state index contributed by atoms with van der Waals surface area (Å²) in [7, 11) is 1.50. The topological polar surface area (TPSA) is 62.2 Å². The van der Waals surface area contributed by atoms with Gasteiger partial charge in [-0.05, 0) is 20.7 Å². The summed E-state index contributed by atoms with van der Waals surface area (Å²) in [5.41, 5.74) is 6.50. The number of aliphatic imine (C=N–C) groups is 1. The van der Waals surface area contributed by atoms with Gasteiger partial charge in [-0.1, -0.05) is 29.8 Å². The van der Waals surface area contributed by atoms with Crippen LogP contribution in [0.2, 0.25) is 0 Å². The van der Waals surface area contributed by atoms with Gasteiger partial charge in [0.15, 0.2) is 5.84 Å². The highest BCUT2D eigenvalue weighted by Crippen LogP contribution is 2.03. The molecule has 0 bridgehead atoms. The van der Waals surface area contributed by atoms with Gasteiger partial charge in [-0.3, -0.25) is 5.41 Å². The van der Waals surface area contributed by atoms with Crippen molar-refractivity contribution in [3.05, 3.63) is 35.4 Å². The largest absolute Gasteiger partial charge is 0.333 e. The van der Waals surface area contributed by atoms with Gasteiger partial charge in [0.1, 0.15) is 0 Å². The highest BCUT2D eigenvalue weighted by Gasteiger charge is 1.94. The summed E-state index contributed by atoms with van der Waals surface area (Å²) in [6.45, 7) is 5.29. The number of nitrogens with zero attached hydrogens (tertiary/aromatic N) is 1. The molecule has 0 spiro atoms. The second-order valence-electron chi connectivity index (χ2n) is 2.37. The van der Waals surface area contributed by atoms with Crippen molar-refractivity contribution < 1.29 is 0 Å². The van der Waals surface area contributed by atoms with E-state index in [9.17, 15) is 0 Å². The number of hydrogen-bond donors (Lipinski definition) is 2. The van der Waals surface area contributed by atoms with Crippen LogP contribution < -0.4 is 5.73 Å². The lowest BCUT2D eigenvalue weighted by Crippen LogP contribution is -1.92. The van der Waals surface area contributed by atoms with Crippen molar-refractivity contribution >= 4 is 12.6 Å². The van der Waals surface area contributed by atoms with E-state index in [1.807, 2.05) is 31.2 Å². The summed E-state index contributed by atoms with van der Waals surface area (Å²) in [6, 6.07) is 7.64. The quantitative estimate of drug-likeness (QED) is 0.496. The Morgan fingerprint density at radius 2 is 1.77 bits per heavy atom. The second-order valence-corrected chi connectivity index (χ2v) is 2.37. The monoisotopic (exact) mass is 177 g/mol. The van der Waals surface area contributed by atoms with Crippen LogP contribution in [0.4, 0.5) is 0 Å². The second kappa shape index (κ2) is 6.08. The van der Waals surface area contributed by atoms with E-state index < -0.39 is 0 Å². The molecule has 0 aliphatic rings. The van der Waals surface area contributed by atoms with E-state index in [1.54, 1.807) is 0 Å². The predicted octanol–water partition coefficient (Wildman–Crippen LogP) is 1.60. The summed E-state index contributed by atoms with van der Waals surface area (Å²) in [5.74, 6) is 0.227. The molecule has 1 aromatic rings. The number of hydrogen-bond acceptors (Lipinski definition) is 2. The zero-order chi connectivity index (χ0) is 10.3. The number of nitrogens with two attached hydrogens (primary N) is 1. The summed E-state index contributed by atoms with van der Waals surface area (Å²) < 4.78 is 0. The molecular weight excluding hydrogens is 162 g/mol. The molecule has 3 N–H and O–H groups in total. The first-order valence-electron chi connectivity index (χ1n) is 3.94. The minimum absolute atomic E-state index is 0.227. The number of nitrogens with one attached hydrogen (secondary N) is 1. The Bertz CT molecular complexity index is 275. The Labute approximate surface area is 78.8 Å². The third kappa shape index (κ3) is 3.62. The van der Waals surface area contributed by atoms with E-state index in [0.717, 1.165) is 5.56 Å². The lowest BCUT2D eigenvalue weighted by molar-refractivity contribution is 1.40. The maximum absolute atomic E-state index is 7.32. The summed E-state index contributed by atoms with van der Waals surface area (Å²) >= 11 is 0. The van der Waals surface area contributed by atoms with Crippen molar-refractivity contribution in [1.82, 2.24) is 0 Å². The maximum atomic E-state index is 7.32. The van der Waals surface area contributed by atoms with Gasteiger partial charge in [0.2, 0.25) is 0 Å². The van der Waals surface area contributed by atoms with Crippen LogP contribution in [0.15, 0.2) is 29.3 Å². The minimum atomic E-state index is 0.227. The maximum Gasteiger partial charge on any atom is 0.151 e. The Morgan fingerprint density at radius 1 is 1.31 bits per heavy atom. The van der Waals surface area contributed by atoms with Crippen LogP contribution in [0, 0.1) is 12.3 Å². The molecule has 0 unspecified atom stereocenters. The molecule has 13 heavy (non-hydrogen) atoms. The van der Waals surface area contributed by atoms with Gasteiger partial charge < -0.3 is 5.73 Å². The SMILES string of the molecule is C=NC(=N)c1ccc(C)cc1.CN. The molecule has 0 aromatic heterocycles. The van der Waals surface area contributed by atoms with Crippen LogP contribution in [0.25, 0.3) is 0 Å². The Morgan fingerprint density at radius 3 is 2.15 bits per heavy atom. The van der Waals surface area contributed by atoms with E-state index in [1.165, 1.54) is 12.6 Å². The molecule has 0 fully saturated rings. The molecule has 3 nitrogen and oxygen atoms in total. The number of aryl methyl sites for hydroxylation is 1. The van der Waals surface area contributed by atoms with Crippen LogP contribution in [-0.4, -0.2) is 19.6 Å². The molecule has 0 aliphatic carbocycles. The van der Waals surface area contributed by atoms with Gasteiger partial charge in [-0.15, -0.1) is 0 Å². The average Bonchev–Trinajstić information content (AvgIpc) is 2.21. The highest BCUT2D eigenvalue weighted by atomic mass is 14.8. The molecule has 0 saturated heterocycles. The molecule has 0 amide bonds. The lowest BCUT2D eigenvalue weighted by Gasteiger charge is -1.96. The third-order valence-electron chi connectivity index (χ3n) is 1.48. The Hall–Kier alpha value is -1.48. The summed E-state index contributed by atoms with van der Waals surface area (Å²) in [6.07, 6.45) is 0. The van der Waals surface area contributed by atoms with E-state index in [4.69, 9.17) is 5.41 Å². The lowest BCUT2D eigenvalue weighted by atomic mass is 10.1. The molecule has 70 valence electrons. The van der Waals surface area contributed by atoms with E-state index >= 15 is 0 Å². The summed E-state index contributed by atoms with van der Waals surface area (Å²) in [5, 5.41) is 7.32. The van der Waals surface area contributed by atoms with Crippen molar-refractivity contribution in [2.45, 2.75) is 6.92 Å². The van der Waals surface area contributed by atoms with Gasteiger partial charge in [-0.2, -0.15) is 0 Å². The van der Waals surface area contributed by atoms with Crippen LogP contribution in [0.5, 0.6) is 0 Å². The zero-order valence-electron chi connectivity index (χ0n) is 8.04. The fourth-order valence-corrected chi connectivity index (χ4v) is 0.803. The standard InChI is InChI=1S/C9H10N2.CH5N/c1-7-3-5-8(6-4-7)9(10)11-2;1-2/h3-6,10H,2H2,1H3;2H2,1H3. The molecule has 1 rings (SSSR count). The Kier molecular flexibility index (Phi) is 5.39. The minimum Gasteiger partial charge on any atom is -0.333 e. The van der Waals surface area contributed by atoms with Gasteiger partial charge in [0, 0.05) is 5.56 Å². The van der Waals surface area contributed by atoms with Crippen molar-refractivity contribution in [3.8, 4) is 0 Å². The molecule has 0 saturated carbocycles. The molecule has 0 radical (unpaired) electrons. The first-order chi connectivity index (χ1) is 6.24. The van der Waals surface area contributed by atoms with Gasteiger partial charge in [0.25, 0.3) is 0 Å². The van der Waals surface area contributed by atoms with Crippen LogP contribution >= 0.6 is 0 Å². The molecular formula is C10H15N3. The van der Waals surface area contributed by atoms with Crippen molar-refractivity contribution in [2.24, 2.45) is 10.7 Å². The predicted molar refractivity (Wildman–Crippen MR) is 57.7 cm³/mol. The Balaban J connectivity index is 0.000000671. The molecule has 3 heteroatoms. The smallest absolute Gasteiger partial charge is 0.151 e. The van der Waals surface area contributed by atoms with Crippen molar-refractivity contribution in [3.63, 3.8) is 0 Å². The van der Waals surface area contributed by atoms with E-state index in [2.05, 4.69) is 17.4 Å². The number of rotatable bonds is 1. The summed E-state index contributed by atoms with van der Waals surface area (Å²) in [4.78, 5) is 3.52. The first-order valence-corrected chi connectivity index (χ1v) is 3.94. The average molecular weight is 177 g/mol. The van der Waals surface area contributed by atoms with Crippen molar-refractivity contribution in [2.75, 3.05) is 7.05 Å². The third-order valence-corrected chi connectivity index (χ3v) is 1.48. The fourth-order valence-electron chi connectivity index (χ4n) is 0.803. The van der Waals surface area contributed by atoms with Crippen LogP contribution in [0.3, 0.4) is 0 Å². The van der Waals surface area contributed by atoms with Crippen molar-refractivity contribution in [1.29, 1.82) is 5.41 Å². The van der Waals surface area contributed by atoms with Gasteiger partial charge >= 0.3 is 0 Å². The molecule has 0 aliphatic heterocycles. The fraction of sp³-hybridized carbons (Fsp3) is 0.200. The van der Waals surface area contributed by atoms with Crippen LogP contribution in [0.1, 0.15) is 11.1 Å². The normalized spacial score (nSPS) is 8.23. The molecule has 0 heterocycles. The first kappa shape index (κ1) is 11.5. The van der Waals surface area contributed by atoms with E-state index in [0.29, 0.717) is 0 Å². The number of benzene rings is 1. The van der Waals surface area contributed by atoms with Gasteiger partial charge in [-0.25, -0.2) is 4.99 Å². The highest BCUT2D eigenvalue weighted by molar-refractivity contribution is 5.98. The molecule has 0 atom stereocenters.